The number of hydrogen-bond donors (Lipinski definition) is 1. The first-order valence-corrected chi connectivity index (χ1v) is 10.4. The summed E-state index contributed by atoms with van der Waals surface area (Å²) in [4.78, 5) is 29.5. The summed E-state index contributed by atoms with van der Waals surface area (Å²) < 4.78 is 0. The van der Waals surface area contributed by atoms with Crippen molar-refractivity contribution in [1.29, 1.82) is 0 Å². The van der Waals surface area contributed by atoms with Gasteiger partial charge < -0.3 is 14.9 Å². The van der Waals surface area contributed by atoms with Crippen molar-refractivity contribution >= 4 is 17.4 Å². The quantitative estimate of drug-likeness (QED) is 0.710. The first kappa shape index (κ1) is 21.6. The maximum absolute atomic E-state index is 13.0. The number of anilines is 1. The molecule has 5 nitrogen and oxygen atoms in total. The van der Waals surface area contributed by atoms with E-state index in [1.54, 1.807) is 4.90 Å². The van der Waals surface area contributed by atoms with E-state index in [2.05, 4.69) is 0 Å². The molecule has 2 aromatic rings. The van der Waals surface area contributed by atoms with Crippen molar-refractivity contribution in [2.24, 2.45) is 5.92 Å². The molecule has 0 bridgehead atoms. The molecule has 1 aliphatic heterocycles. The Labute approximate surface area is 178 Å². The number of Topliss-reactive ketones (excluding diaryl/α,β-unsaturated/α-hetero) is 1. The maximum atomic E-state index is 13.0. The molecule has 0 saturated heterocycles. The molecule has 30 heavy (non-hydrogen) atoms. The monoisotopic (exact) mass is 406 g/mol. The van der Waals surface area contributed by atoms with E-state index in [4.69, 9.17) is 0 Å². The summed E-state index contributed by atoms with van der Waals surface area (Å²) in [6.45, 7) is 4.34. The highest BCUT2D eigenvalue weighted by molar-refractivity contribution is 6.09. The van der Waals surface area contributed by atoms with Crippen LogP contribution in [0.25, 0.3) is 0 Å². The fraction of sp³-hybridized carbons (Fsp3) is 0.360. The first-order chi connectivity index (χ1) is 14.3. The van der Waals surface area contributed by atoms with E-state index >= 15 is 0 Å². The predicted molar refractivity (Wildman–Crippen MR) is 119 cm³/mol. The van der Waals surface area contributed by atoms with Gasteiger partial charge in [0.05, 0.1) is 11.6 Å². The molecule has 0 aliphatic carbocycles. The van der Waals surface area contributed by atoms with Crippen LogP contribution in [0.15, 0.2) is 65.9 Å². The smallest absolute Gasteiger partial charge is 0.290 e. The van der Waals surface area contributed by atoms with Crippen molar-refractivity contribution in [3.05, 3.63) is 77.1 Å². The van der Waals surface area contributed by atoms with Crippen molar-refractivity contribution in [1.82, 2.24) is 4.90 Å². The van der Waals surface area contributed by atoms with Crippen LogP contribution in [0, 0.1) is 5.92 Å². The van der Waals surface area contributed by atoms with Crippen molar-refractivity contribution in [2.45, 2.75) is 32.7 Å². The molecule has 1 N–H and O–H groups in total. The zero-order valence-electron chi connectivity index (χ0n) is 18.1. The van der Waals surface area contributed by atoms with Crippen LogP contribution in [0.5, 0.6) is 0 Å². The molecule has 3 rings (SSSR count). The lowest BCUT2D eigenvalue weighted by Gasteiger charge is -2.27. The highest BCUT2D eigenvalue weighted by Crippen LogP contribution is 2.39. The standard InChI is InChI=1S/C25H30N2O3/c1-17(2)16-21(28)22-23(19-10-12-20(13-11-19)26(3)4)27(25(30)24(22)29)15-14-18-8-6-5-7-9-18/h5-13,17,23,29H,14-16H2,1-4H3. The fourth-order valence-electron chi connectivity index (χ4n) is 3.85. The Hall–Kier alpha value is -3.08. The molecule has 1 amide bonds. The van der Waals surface area contributed by atoms with Gasteiger partial charge in [0.1, 0.15) is 0 Å². The van der Waals surface area contributed by atoms with Gasteiger partial charge in [0.15, 0.2) is 11.5 Å². The number of amides is 1. The van der Waals surface area contributed by atoms with Crippen molar-refractivity contribution < 1.29 is 14.7 Å². The average molecular weight is 407 g/mol. The predicted octanol–water partition coefficient (Wildman–Crippen LogP) is 4.31. The summed E-state index contributed by atoms with van der Waals surface area (Å²) in [5, 5.41) is 10.6. The van der Waals surface area contributed by atoms with Gasteiger partial charge in [0, 0.05) is 32.7 Å². The molecule has 158 valence electrons. The maximum Gasteiger partial charge on any atom is 0.290 e. The van der Waals surface area contributed by atoms with Gasteiger partial charge >= 0.3 is 0 Å². The third-order valence-corrected chi connectivity index (χ3v) is 5.41. The van der Waals surface area contributed by atoms with Gasteiger partial charge in [-0.05, 0) is 35.6 Å². The molecule has 5 heteroatoms. The summed E-state index contributed by atoms with van der Waals surface area (Å²) in [5.74, 6) is -0.905. The topological polar surface area (TPSA) is 60.9 Å². The Morgan fingerprint density at radius 2 is 1.70 bits per heavy atom. The Morgan fingerprint density at radius 1 is 1.07 bits per heavy atom. The number of hydrogen-bond acceptors (Lipinski definition) is 4. The zero-order chi connectivity index (χ0) is 21.8. The van der Waals surface area contributed by atoms with Crippen LogP contribution in [-0.4, -0.2) is 42.3 Å². The average Bonchev–Trinajstić information content (AvgIpc) is 2.97. The summed E-state index contributed by atoms with van der Waals surface area (Å²) in [6.07, 6.45) is 0.948. The van der Waals surface area contributed by atoms with Gasteiger partial charge in [-0.3, -0.25) is 9.59 Å². The third-order valence-electron chi connectivity index (χ3n) is 5.41. The van der Waals surface area contributed by atoms with E-state index in [1.165, 1.54) is 0 Å². The van der Waals surface area contributed by atoms with Gasteiger partial charge in [-0.15, -0.1) is 0 Å². The number of ketones is 1. The number of benzene rings is 2. The second-order valence-corrected chi connectivity index (χ2v) is 8.41. The van der Waals surface area contributed by atoms with Gasteiger partial charge in [0.2, 0.25) is 0 Å². The number of carbonyl (C=O) groups is 2. The largest absolute Gasteiger partial charge is 0.503 e. The molecule has 1 aliphatic rings. The molecule has 0 fully saturated rings. The highest BCUT2D eigenvalue weighted by Gasteiger charge is 2.43. The van der Waals surface area contributed by atoms with Crippen molar-refractivity contribution in [2.75, 3.05) is 25.5 Å². The Morgan fingerprint density at radius 3 is 2.27 bits per heavy atom. The van der Waals surface area contributed by atoms with E-state index in [0.717, 1.165) is 16.8 Å². The molecular formula is C25H30N2O3. The molecule has 0 saturated carbocycles. The van der Waals surface area contributed by atoms with Gasteiger partial charge in [-0.1, -0.05) is 56.3 Å². The van der Waals surface area contributed by atoms with E-state index in [-0.39, 0.29) is 17.3 Å². The zero-order valence-corrected chi connectivity index (χ0v) is 18.1. The number of aliphatic hydroxyl groups excluding tert-OH is 1. The molecule has 2 aromatic carbocycles. The second-order valence-electron chi connectivity index (χ2n) is 8.41. The number of rotatable bonds is 8. The van der Waals surface area contributed by atoms with Crippen molar-refractivity contribution in [3.63, 3.8) is 0 Å². The third kappa shape index (κ3) is 4.56. The van der Waals surface area contributed by atoms with Gasteiger partial charge in [0.25, 0.3) is 5.91 Å². The van der Waals surface area contributed by atoms with E-state index in [1.807, 2.05) is 87.4 Å². The van der Waals surface area contributed by atoms with Crippen LogP contribution in [0.3, 0.4) is 0 Å². The Bertz CT molecular complexity index is 931. The first-order valence-electron chi connectivity index (χ1n) is 10.4. The molecule has 1 atom stereocenters. The fourth-order valence-corrected chi connectivity index (χ4v) is 3.85. The van der Waals surface area contributed by atoms with Gasteiger partial charge in [-0.25, -0.2) is 0 Å². The lowest BCUT2D eigenvalue weighted by Crippen LogP contribution is -2.33. The molecule has 0 radical (unpaired) electrons. The number of aliphatic hydroxyl groups is 1. The van der Waals surface area contributed by atoms with E-state index < -0.39 is 17.7 Å². The van der Waals surface area contributed by atoms with E-state index in [9.17, 15) is 14.7 Å². The lowest BCUT2D eigenvalue weighted by atomic mass is 9.92. The molecule has 0 spiro atoms. The molecule has 1 unspecified atom stereocenters. The van der Waals surface area contributed by atoms with E-state index in [0.29, 0.717) is 19.4 Å². The number of nitrogens with zero attached hydrogens (tertiary/aromatic N) is 2. The number of carbonyl (C=O) groups excluding carboxylic acids is 2. The lowest BCUT2D eigenvalue weighted by molar-refractivity contribution is -0.129. The summed E-state index contributed by atoms with van der Waals surface area (Å²) >= 11 is 0. The minimum absolute atomic E-state index is 0.142. The molecular weight excluding hydrogens is 376 g/mol. The van der Waals surface area contributed by atoms with Crippen LogP contribution in [0.4, 0.5) is 5.69 Å². The molecule has 1 heterocycles. The molecule has 0 aromatic heterocycles. The van der Waals surface area contributed by atoms with Crippen molar-refractivity contribution in [3.8, 4) is 0 Å². The Balaban J connectivity index is 1.96. The van der Waals surface area contributed by atoms with Crippen LogP contribution in [0.2, 0.25) is 0 Å². The normalized spacial score (nSPS) is 16.5. The van der Waals surface area contributed by atoms with Crippen LogP contribution < -0.4 is 4.90 Å². The summed E-state index contributed by atoms with van der Waals surface area (Å²) in [6, 6.07) is 17.1. The van der Waals surface area contributed by atoms with Crippen LogP contribution >= 0.6 is 0 Å². The summed E-state index contributed by atoms with van der Waals surface area (Å²) in [7, 11) is 3.92. The van der Waals surface area contributed by atoms with Gasteiger partial charge in [-0.2, -0.15) is 0 Å². The Kier molecular flexibility index (Phi) is 6.60. The second kappa shape index (κ2) is 9.16. The minimum atomic E-state index is -0.566. The van der Waals surface area contributed by atoms with Crippen LogP contribution in [0.1, 0.15) is 37.4 Å². The highest BCUT2D eigenvalue weighted by atomic mass is 16.3. The summed E-state index contributed by atoms with van der Waals surface area (Å²) in [5.41, 5.74) is 3.19. The van der Waals surface area contributed by atoms with Crippen LogP contribution in [-0.2, 0) is 16.0 Å². The SMILES string of the molecule is CC(C)CC(=O)C1=C(O)C(=O)N(CCc2ccccc2)C1c1ccc(N(C)C)cc1. The minimum Gasteiger partial charge on any atom is -0.503 e.